The van der Waals surface area contributed by atoms with Crippen LogP contribution in [0.15, 0.2) is 29.6 Å². The Morgan fingerprint density at radius 1 is 1.32 bits per heavy atom. The van der Waals surface area contributed by atoms with Crippen LogP contribution < -0.4 is 0 Å². The number of rotatable bonds is 4. The predicted molar refractivity (Wildman–Crippen MR) is 83.1 cm³/mol. The number of nitrogens with zero attached hydrogens (tertiary/aromatic N) is 2. The van der Waals surface area contributed by atoms with Gasteiger partial charge in [0.25, 0.3) is 0 Å². The van der Waals surface area contributed by atoms with Gasteiger partial charge in [-0.25, -0.2) is 9.37 Å². The van der Waals surface area contributed by atoms with Gasteiger partial charge in [-0.15, -0.1) is 11.3 Å². The van der Waals surface area contributed by atoms with Crippen molar-refractivity contribution in [1.29, 1.82) is 0 Å². The van der Waals surface area contributed by atoms with E-state index in [4.69, 9.17) is 5.11 Å². The summed E-state index contributed by atoms with van der Waals surface area (Å²) in [7, 11) is 0. The number of hydrogen-bond donors (Lipinski definition) is 1. The van der Waals surface area contributed by atoms with E-state index in [1.54, 1.807) is 23.5 Å². The first-order valence-electron chi connectivity index (χ1n) is 7.27. The summed E-state index contributed by atoms with van der Waals surface area (Å²) in [5.74, 6) is -1.14. The van der Waals surface area contributed by atoms with Gasteiger partial charge >= 0.3 is 5.97 Å². The Bertz CT molecular complexity index is 648. The maximum atomic E-state index is 12.9. The summed E-state index contributed by atoms with van der Waals surface area (Å²) in [6.07, 6.45) is 1.40. The first-order chi connectivity index (χ1) is 10.6. The zero-order valence-electron chi connectivity index (χ0n) is 12.0. The van der Waals surface area contributed by atoms with Gasteiger partial charge < -0.3 is 5.11 Å². The topological polar surface area (TPSA) is 53.4 Å². The van der Waals surface area contributed by atoms with Gasteiger partial charge in [-0.05, 0) is 50.2 Å². The van der Waals surface area contributed by atoms with Crippen LogP contribution in [-0.4, -0.2) is 34.0 Å². The van der Waals surface area contributed by atoms with Crippen LogP contribution in [-0.2, 0) is 11.3 Å². The Kier molecular flexibility index (Phi) is 4.49. The molecule has 1 saturated heterocycles. The number of piperidine rings is 1. The van der Waals surface area contributed by atoms with Crippen LogP contribution in [0, 0.1) is 11.7 Å². The molecule has 2 aromatic rings. The molecule has 0 unspecified atom stereocenters. The number of hydrogen-bond acceptors (Lipinski definition) is 4. The highest BCUT2D eigenvalue weighted by atomic mass is 32.1. The van der Waals surface area contributed by atoms with E-state index in [1.165, 1.54) is 12.1 Å². The third-order valence-electron chi connectivity index (χ3n) is 3.97. The Labute approximate surface area is 132 Å². The third kappa shape index (κ3) is 3.51. The Balaban J connectivity index is 1.60. The lowest BCUT2D eigenvalue weighted by molar-refractivity contribution is -0.143. The quantitative estimate of drug-likeness (QED) is 0.939. The summed E-state index contributed by atoms with van der Waals surface area (Å²) in [5, 5.41) is 11.9. The molecule has 1 fully saturated rings. The van der Waals surface area contributed by atoms with Crippen LogP contribution in [0.4, 0.5) is 4.39 Å². The van der Waals surface area contributed by atoms with Crippen molar-refractivity contribution in [2.24, 2.45) is 5.92 Å². The molecule has 1 N–H and O–H groups in total. The van der Waals surface area contributed by atoms with Crippen molar-refractivity contribution in [1.82, 2.24) is 9.88 Å². The zero-order chi connectivity index (χ0) is 15.5. The molecule has 22 heavy (non-hydrogen) atoms. The van der Waals surface area contributed by atoms with E-state index >= 15 is 0 Å². The minimum Gasteiger partial charge on any atom is -0.481 e. The molecule has 2 heterocycles. The molecule has 0 amide bonds. The first kappa shape index (κ1) is 15.1. The molecule has 0 aliphatic carbocycles. The summed E-state index contributed by atoms with van der Waals surface area (Å²) in [5.41, 5.74) is 1.90. The molecule has 0 atom stereocenters. The highest BCUT2D eigenvalue weighted by Crippen LogP contribution is 2.25. The number of aromatic nitrogens is 1. The number of benzene rings is 1. The molecule has 0 spiro atoms. The molecule has 1 aliphatic heterocycles. The molecule has 6 heteroatoms. The van der Waals surface area contributed by atoms with Crippen LogP contribution in [0.2, 0.25) is 0 Å². The maximum Gasteiger partial charge on any atom is 0.306 e. The lowest BCUT2D eigenvalue weighted by Gasteiger charge is -2.29. The van der Waals surface area contributed by atoms with Crippen molar-refractivity contribution in [3.63, 3.8) is 0 Å². The first-order valence-corrected chi connectivity index (χ1v) is 8.15. The zero-order valence-corrected chi connectivity index (χ0v) is 12.9. The van der Waals surface area contributed by atoms with Crippen molar-refractivity contribution in [2.75, 3.05) is 13.1 Å². The molecule has 0 bridgehead atoms. The van der Waals surface area contributed by atoms with E-state index in [0.717, 1.165) is 35.9 Å². The number of halogens is 1. The number of likely N-dealkylation sites (tertiary alicyclic amines) is 1. The largest absolute Gasteiger partial charge is 0.481 e. The minimum atomic E-state index is -0.688. The van der Waals surface area contributed by atoms with Gasteiger partial charge in [-0.3, -0.25) is 9.69 Å². The van der Waals surface area contributed by atoms with Crippen molar-refractivity contribution in [2.45, 2.75) is 19.4 Å². The highest BCUT2D eigenvalue weighted by molar-refractivity contribution is 7.13. The lowest BCUT2D eigenvalue weighted by Crippen LogP contribution is -2.35. The lowest BCUT2D eigenvalue weighted by atomic mass is 9.97. The van der Waals surface area contributed by atoms with Crippen LogP contribution >= 0.6 is 11.3 Å². The Hall–Kier alpha value is -1.79. The fourth-order valence-electron chi connectivity index (χ4n) is 2.67. The van der Waals surface area contributed by atoms with Gasteiger partial charge in [0, 0.05) is 17.5 Å². The van der Waals surface area contributed by atoms with Crippen LogP contribution in [0.5, 0.6) is 0 Å². The highest BCUT2D eigenvalue weighted by Gasteiger charge is 2.24. The number of aliphatic carboxylic acids is 1. The molecule has 3 rings (SSSR count). The molecule has 0 saturated carbocycles. The Morgan fingerprint density at radius 2 is 2.00 bits per heavy atom. The predicted octanol–water partition coefficient (Wildman–Crippen LogP) is 3.25. The second kappa shape index (κ2) is 6.54. The van der Waals surface area contributed by atoms with Crippen molar-refractivity contribution < 1.29 is 14.3 Å². The van der Waals surface area contributed by atoms with Gasteiger partial charge in [-0.1, -0.05) is 0 Å². The van der Waals surface area contributed by atoms with Crippen LogP contribution in [0.3, 0.4) is 0 Å². The summed E-state index contributed by atoms with van der Waals surface area (Å²) >= 11 is 1.55. The fraction of sp³-hybridized carbons (Fsp3) is 0.375. The smallest absolute Gasteiger partial charge is 0.306 e. The summed E-state index contributed by atoms with van der Waals surface area (Å²) < 4.78 is 12.9. The third-order valence-corrected chi connectivity index (χ3v) is 4.91. The molecule has 116 valence electrons. The fourth-order valence-corrected chi connectivity index (χ4v) is 3.49. The average molecular weight is 320 g/mol. The van der Waals surface area contributed by atoms with Gasteiger partial charge in [0.2, 0.25) is 0 Å². The van der Waals surface area contributed by atoms with Crippen molar-refractivity contribution in [3.8, 4) is 10.6 Å². The van der Waals surface area contributed by atoms with E-state index in [1.807, 2.05) is 5.38 Å². The van der Waals surface area contributed by atoms with E-state index in [9.17, 15) is 9.18 Å². The van der Waals surface area contributed by atoms with E-state index in [2.05, 4.69) is 9.88 Å². The van der Waals surface area contributed by atoms with Crippen molar-refractivity contribution >= 4 is 17.3 Å². The molecular weight excluding hydrogens is 303 g/mol. The second-order valence-electron chi connectivity index (χ2n) is 5.54. The van der Waals surface area contributed by atoms with E-state index < -0.39 is 5.97 Å². The Morgan fingerprint density at radius 3 is 2.64 bits per heavy atom. The van der Waals surface area contributed by atoms with E-state index in [-0.39, 0.29) is 11.7 Å². The summed E-state index contributed by atoms with van der Waals surface area (Å²) in [6.45, 7) is 2.32. The maximum absolute atomic E-state index is 12.9. The molecule has 0 radical (unpaired) electrons. The average Bonchev–Trinajstić information content (AvgIpc) is 2.97. The van der Waals surface area contributed by atoms with Crippen LogP contribution in [0.25, 0.3) is 10.6 Å². The van der Waals surface area contributed by atoms with Gasteiger partial charge in [0.15, 0.2) is 0 Å². The number of thiazole rings is 1. The summed E-state index contributed by atoms with van der Waals surface area (Å²) in [6, 6.07) is 6.34. The van der Waals surface area contributed by atoms with Gasteiger partial charge in [0.1, 0.15) is 10.8 Å². The molecule has 1 aromatic carbocycles. The molecular formula is C16H17FN2O2S. The normalized spacial score (nSPS) is 16.8. The summed E-state index contributed by atoms with van der Waals surface area (Å²) in [4.78, 5) is 17.8. The van der Waals surface area contributed by atoms with Gasteiger partial charge in [0.05, 0.1) is 11.6 Å². The second-order valence-corrected chi connectivity index (χ2v) is 6.40. The monoisotopic (exact) mass is 320 g/mol. The van der Waals surface area contributed by atoms with Crippen molar-refractivity contribution in [3.05, 3.63) is 41.2 Å². The molecule has 1 aliphatic rings. The SMILES string of the molecule is O=C(O)C1CCN(Cc2csc(-c3ccc(F)cc3)n2)CC1. The number of carbonyl (C=O) groups is 1. The van der Waals surface area contributed by atoms with E-state index in [0.29, 0.717) is 12.8 Å². The minimum absolute atomic E-state index is 0.207. The number of carboxylic acids is 1. The van der Waals surface area contributed by atoms with Crippen LogP contribution in [0.1, 0.15) is 18.5 Å². The standard InChI is InChI=1S/C16H17FN2O2S/c17-13-3-1-11(2-4-13)15-18-14(10-22-15)9-19-7-5-12(6-8-19)16(20)21/h1-4,10,12H,5-9H2,(H,20,21). The van der Waals surface area contributed by atoms with Gasteiger partial charge in [-0.2, -0.15) is 0 Å². The molecule has 1 aromatic heterocycles. The molecule has 4 nitrogen and oxygen atoms in total. The number of carboxylic acid groups (broad SMARTS) is 1.